The second-order valence-corrected chi connectivity index (χ2v) is 6.44. The van der Waals surface area contributed by atoms with Crippen molar-refractivity contribution >= 4 is 23.6 Å². The first-order valence-electron chi connectivity index (χ1n) is 8.32. The van der Waals surface area contributed by atoms with Crippen LogP contribution in [0.2, 0.25) is 5.02 Å². The lowest BCUT2D eigenvalue weighted by atomic mass is 10.2. The maximum atomic E-state index is 12.1. The van der Waals surface area contributed by atoms with Gasteiger partial charge in [0.15, 0.2) is 11.8 Å². The summed E-state index contributed by atoms with van der Waals surface area (Å²) in [5, 5.41) is 3.62. The highest BCUT2D eigenvalue weighted by Crippen LogP contribution is 2.16. The second kappa shape index (κ2) is 8.18. The number of rotatable bonds is 6. The van der Waals surface area contributed by atoms with Crippen LogP contribution in [-0.4, -0.2) is 25.5 Å². The summed E-state index contributed by atoms with van der Waals surface area (Å²) < 4.78 is 5.58. The van der Waals surface area contributed by atoms with E-state index in [0.717, 1.165) is 24.4 Å². The maximum Gasteiger partial charge on any atom is 0.244 e. The highest BCUT2D eigenvalue weighted by molar-refractivity contribution is 6.32. The van der Waals surface area contributed by atoms with Crippen LogP contribution in [0.5, 0.6) is 0 Å². The van der Waals surface area contributed by atoms with Crippen LogP contribution in [0, 0.1) is 0 Å². The average molecular weight is 346 g/mol. The molecule has 4 nitrogen and oxygen atoms in total. The summed E-state index contributed by atoms with van der Waals surface area (Å²) >= 11 is 6.09. The van der Waals surface area contributed by atoms with Gasteiger partial charge in [-0.25, -0.2) is 0 Å². The summed E-state index contributed by atoms with van der Waals surface area (Å²) in [6.45, 7) is 2.81. The van der Waals surface area contributed by atoms with Gasteiger partial charge in [-0.1, -0.05) is 29.8 Å². The molecule has 1 fully saturated rings. The van der Waals surface area contributed by atoms with Crippen molar-refractivity contribution in [3.63, 3.8) is 0 Å². The number of hydrogen-bond donors (Lipinski definition) is 2. The summed E-state index contributed by atoms with van der Waals surface area (Å²) in [5.41, 5.74) is 0.835. The minimum Gasteiger partial charge on any atom is -0.463 e. The molecule has 1 aromatic carbocycles. The summed E-state index contributed by atoms with van der Waals surface area (Å²) in [7, 11) is 0. The van der Waals surface area contributed by atoms with Gasteiger partial charge < -0.3 is 14.6 Å². The Labute approximate surface area is 147 Å². The fourth-order valence-corrected chi connectivity index (χ4v) is 3.35. The number of furan rings is 1. The molecule has 2 aromatic rings. The molecular weight excluding hydrogens is 324 g/mol. The van der Waals surface area contributed by atoms with E-state index in [1.807, 2.05) is 36.4 Å². The average Bonchev–Trinajstić information content (AvgIpc) is 3.28. The molecule has 2 heterocycles. The molecule has 24 heavy (non-hydrogen) atoms. The van der Waals surface area contributed by atoms with Gasteiger partial charge in [-0.3, -0.25) is 4.79 Å². The third-order valence-corrected chi connectivity index (χ3v) is 4.77. The van der Waals surface area contributed by atoms with Crippen LogP contribution in [0.4, 0.5) is 0 Å². The topological polar surface area (TPSA) is 46.7 Å². The Morgan fingerprint density at radius 2 is 2.04 bits per heavy atom. The van der Waals surface area contributed by atoms with E-state index in [-0.39, 0.29) is 11.9 Å². The van der Waals surface area contributed by atoms with Crippen molar-refractivity contribution in [3.8, 4) is 0 Å². The maximum absolute atomic E-state index is 12.1. The summed E-state index contributed by atoms with van der Waals surface area (Å²) in [4.78, 5) is 13.6. The first-order chi connectivity index (χ1) is 11.7. The van der Waals surface area contributed by atoms with Crippen molar-refractivity contribution in [3.05, 3.63) is 65.1 Å². The molecule has 126 valence electrons. The molecule has 1 aliphatic rings. The first kappa shape index (κ1) is 16.8. The highest BCUT2D eigenvalue weighted by Gasteiger charge is 2.29. The predicted octanol–water partition coefficient (Wildman–Crippen LogP) is 2.48. The van der Waals surface area contributed by atoms with E-state index in [1.165, 1.54) is 23.8 Å². The molecule has 1 aromatic heterocycles. The Morgan fingerprint density at radius 1 is 1.25 bits per heavy atom. The molecule has 0 radical (unpaired) electrons. The van der Waals surface area contributed by atoms with Crippen LogP contribution >= 0.6 is 11.6 Å². The SMILES string of the molecule is O=C(/C=C/c1ccccc1Cl)NC[C@@H](c1ccco1)[NH+]1CCCC1. The van der Waals surface area contributed by atoms with Gasteiger partial charge in [-0.2, -0.15) is 0 Å². The molecule has 0 aliphatic carbocycles. The largest absolute Gasteiger partial charge is 0.463 e. The van der Waals surface area contributed by atoms with Crippen molar-refractivity contribution in [1.29, 1.82) is 0 Å². The highest BCUT2D eigenvalue weighted by atomic mass is 35.5. The lowest BCUT2D eigenvalue weighted by Crippen LogP contribution is -3.11. The zero-order chi connectivity index (χ0) is 16.8. The summed E-state index contributed by atoms with van der Waals surface area (Å²) in [6, 6.07) is 11.5. The van der Waals surface area contributed by atoms with Gasteiger partial charge in [0.25, 0.3) is 0 Å². The molecule has 1 amide bonds. The molecule has 0 unspecified atom stereocenters. The fraction of sp³-hybridized carbons (Fsp3) is 0.316. The van der Waals surface area contributed by atoms with E-state index in [4.69, 9.17) is 16.0 Å². The van der Waals surface area contributed by atoms with E-state index in [2.05, 4.69) is 5.32 Å². The minimum absolute atomic E-state index is 0.120. The molecule has 3 rings (SSSR count). The van der Waals surface area contributed by atoms with Gasteiger partial charge in [-0.15, -0.1) is 0 Å². The summed E-state index contributed by atoms with van der Waals surface area (Å²) in [6.07, 6.45) is 7.42. The first-order valence-corrected chi connectivity index (χ1v) is 8.70. The number of carbonyl (C=O) groups excluding carboxylic acids is 1. The van der Waals surface area contributed by atoms with Gasteiger partial charge in [0.1, 0.15) is 0 Å². The van der Waals surface area contributed by atoms with E-state index < -0.39 is 0 Å². The molecule has 0 saturated carbocycles. The molecule has 5 heteroatoms. The minimum atomic E-state index is -0.120. The molecule has 1 atom stereocenters. The third kappa shape index (κ3) is 4.28. The van der Waals surface area contributed by atoms with E-state index >= 15 is 0 Å². The van der Waals surface area contributed by atoms with Crippen LogP contribution in [0.1, 0.15) is 30.2 Å². The Morgan fingerprint density at radius 3 is 2.75 bits per heavy atom. The Balaban J connectivity index is 1.60. The standard InChI is InChI=1S/C19H21ClN2O2/c20-16-7-2-1-6-15(16)9-10-19(23)21-14-17(18-8-5-13-24-18)22-11-3-4-12-22/h1-2,5-10,13,17H,3-4,11-12,14H2,(H,21,23)/p+1/b10-9+/t17-/m0/s1. The summed E-state index contributed by atoms with van der Waals surface area (Å²) in [5.74, 6) is 0.812. The number of likely N-dealkylation sites (tertiary alicyclic amines) is 1. The van der Waals surface area contributed by atoms with Crippen LogP contribution in [0.15, 0.2) is 53.2 Å². The number of carbonyl (C=O) groups is 1. The van der Waals surface area contributed by atoms with E-state index in [9.17, 15) is 4.79 Å². The monoisotopic (exact) mass is 345 g/mol. The van der Waals surface area contributed by atoms with Gasteiger partial charge in [-0.05, 0) is 29.8 Å². The van der Waals surface area contributed by atoms with Gasteiger partial charge in [0.05, 0.1) is 25.9 Å². The third-order valence-electron chi connectivity index (χ3n) is 4.43. The molecule has 1 aliphatic heterocycles. The van der Waals surface area contributed by atoms with Crippen molar-refractivity contribution < 1.29 is 14.1 Å². The number of quaternary nitrogens is 1. The second-order valence-electron chi connectivity index (χ2n) is 6.03. The van der Waals surface area contributed by atoms with Crippen LogP contribution < -0.4 is 10.2 Å². The molecular formula is C19H22ClN2O2+. The zero-order valence-corrected chi connectivity index (χ0v) is 14.3. The molecule has 0 bridgehead atoms. The smallest absolute Gasteiger partial charge is 0.244 e. The fourth-order valence-electron chi connectivity index (χ4n) is 3.15. The van der Waals surface area contributed by atoms with Crippen molar-refractivity contribution in [2.75, 3.05) is 19.6 Å². The van der Waals surface area contributed by atoms with Crippen LogP contribution in [0.3, 0.4) is 0 Å². The van der Waals surface area contributed by atoms with Crippen LogP contribution in [0.25, 0.3) is 6.08 Å². The molecule has 1 saturated heterocycles. The van der Waals surface area contributed by atoms with Crippen LogP contribution in [-0.2, 0) is 4.79 Å². The zero-order valence-electron chi connectivity index (χ0n) is 13.5. The molecule has 0 spiro atoms. The Kier molecular flexibility index (Phi) is 5.72. The predicted molar refractivity (Wildman–Crippen MR) is 94.9 cm³/mol. The number of amides is 1. The number of benzene rings is 1. The van der Waals surface area contributed by atoms with Gasteiger partial charge >= 0.3 is 0 Å². The Bertz CT molecular complexity index is 691. The lowest BCUT2D eigenvalue weighted by molar-refractivity contribution is -0.919. The number of nitrogens with one attached hydrogen (secondary N) is 2. The van der Waals surface area contributed by atoms with Gasteiger partial charge in [0, 0.05) is 23.9 Å². The van der Waals surface area contributed by atoms with E-state index in [0.29, 0.717) is 11.6 Å². The number of halogens is 1. The van der Waals surface area contributed by atoms with Gasteiger partial charge in [0.2, 0.25) is 5.91 Å². The normalized spacial score (nSPS) is 16.5. The lowest BCUT2D eigenvalue weighted by Gasteiger charge is -2.22. The number of hydrogen-bond acceptors (Lipinski definition) is 2. The van der Waals surface area contributed by atoms with Crippen molar-refractivity contribution in [2.24, 2.45) is 0 Å². The van der Waals surface area contributed by atoms with E-state index in [1.54, 1.807) is 12.3 Å². The quantitative estimate of drug-likeness (QED) is 0.790. The Hall–Kier alpha value is -2.04. The molecule has 2 N–H and O–H groups in total. The van der Waals surface area contributed by atoms with Crippen molar-refractivity contribution in [1.82, 2.24) is 5.32 Å². The van der Waals surface area contributed by atoms with Crippen molar-refractivity contribution in [2.45, 2.75) is 18.9 Å².